The van der Waals surface area contributed by atoms with Gasteiger partial charge in [0.05, 0.1) is 5.52 Å². The minimum absolute atomic E-state index is 0.209. The van der Waals surface area contributed by atoms with Gasteiger partial charge in [-0.25, -0.2) is 13.8 Å². The molecular weight excluding hydrogens is 272 g/mol. The fourth-order valence-electron chi connectivity index (χ4n) is 2.02. The average Bonchev–Trinajstić information content (AvgIpc) is 2.65. The summed E-state index contributed by atoms with van der Waals surface area (Å²) >= 11 is 5.74. The number of hydrogen-bond donors (Lipinski definition) is 0. The molecule has 2 rings (SSSR count). The van der Waals surface area contributed by atoms with Crippen LogP contribution in [-0.2, 0) is 13.0 Å². The molecule has 104 valence electrons. The minimum Gasteiger partial charge on any atom is -0.326 e. The number of likely N-dealkylation sites (N-methyl/N-ethyl adjacent to an activating group) is 1. The Bertz CT molecular complexity index is 581. The maximum atomic E-state index is 13.7. The fourth-order valence-corrected chi connectivity index (χ4v) is 2.19. The van der Waals surface area contributed by atoms with E-state index >= 15 is 0 Å². The van der Waals surface area contributed by atoms with Gasteiger partial charge in [0.15, 0.2) is 5.82 Å². The molecule has 1 aromatic heterocycles. The number of benzene rings is 1. The number of rotatable bonds is 5. The minimum atomic E-state index is -0.630. The summed E-state index contributed by atoms with van der Waals surface area (Å²) in [5, 5.41) is 0. The lowest BCUT2D eigenvalue weighted by Gasteiger charge is -2.13. The normalized spacial score (nSPS) is 11.7. The van der Waals surface area contributed by atoms with Crippen LogP contribution in [-0.4, -0.2) is 41.0 Å². The summed E-state index contributed by atoms with van der Waals surface area (Å²) in [5.41, 5.74) is 0.694. The van der Waals surface area contributed by atoms with Crippen LogP contribution < -0.4 is 0 Å². The molecule has 0 saturated heterocycles. The van der Waals surface area contributed by atoms with Crippen molar-refractivity contribution in [2.75, 3.05) is 26.5 Å². The summed E-state index contributed by atoms with van der Waals surface area (Å²) in [6.45, 7) is 1.39. The highest BCUT2D eigenvalue weighted by atomic mass is 35.5. The van der Waals surface area contributed by atoms with Crippen molar-refractivity contribution in [3.63, 3.8) is 0 Å². The van der Waals surface area contributed by atoms with Gasteiger partial charge in [0.1, 0.15) is 17.2 Å². The first-order chi connectivity index (χ1) is 9.02. The molecule has 0 N–H and O–H groups in total. The Morgan fingerprint density at radius 3 is 2.68 bits per heavy atom. The lowest BCUT2D eigenvalue weighted by Crippen LogP contribution is -2.19. The van der Waals surface area contributed by atoms with Crippen LogP contribution in [0.25, 0.3) is 11.0 Å². The summed E-state index contributed by atoms with van der Waals surface area (Å²) in [6.07, 6.45) is 0.532. The molecule has 1 aromatic carbocycles. The number of alkyl halides is 1. The zero-order valence-electron chi connectivity index (χ0n) is 11.0. The van der Waals surface area contributed by atoms with Gasteiger partial charge in [0.25, 0.3) is 0 Å². The van der Waals surface area contributed by atoms with E-state index in [1.54, 1.807) is 0 Å². The molecule has 0 saturated carbocycles. The fraction of sp³-hybridized carbons (Fsp3) is 0.462. The first-order valence-electron chi connectivity index (χ1n) is 6.07. The summed E-state index contributed by atoms with van der Waals surface area (Å²) < 4.78 is 28.9. The van der Waals surface area contributed by atoms with Crippen LogP contribution in [0.5, 0.6) is 0 Å². The first-order valence-corrected chi connectivity index (χ1v) is 6.61. The number of nitrogens with zero attached hydrogens (tertiary/aromatic N) is 3. The molecule has 0 radical (unpaired) electrons. The lowest BCUT2D eigenvalue weighted by atomic mass is 10.3. The molecule has 1 heterocycles. The van der Waals surface area contributed by atoms with Crippen molar-refractivity contribution in [2.24, 2.45) is 0 Å². The highest BCUT2D eigenvalue weighted by Gasteiger charge is 2.15. The van der Waals surface area contributed by atoms with Crippen molar-refractivity contribution in [1.29, 1.82) is 0 Å². The van der Waals surface area contributed by atoms with E-state index in [1.807, 2.05) is 23.6 Å². The Balaban J connectivity index is 2.52. The Hall–Kier alpha value is -1.20. The maximum absolute atomic E-state index is 13.7. The number of aromatic nitrogens is 2. The van der Waals surface area contributed by atoms with Crippen molar-refractivity contribution < 1.29 is 8.78 Å². The average molecular weight is 288 g/mol. The van der Waals surface area contributed by atoms with Gasteiger partial charge >= 0.3 is 0 Å². The summed E-state index contributed by atoms with van der Waals surface area (Å²) in [4.78, 5) is 6.25. The summed E-state index contributed by atoms with van der Waals surface area (Å²) in [6, 6.07) is 2.18. The van der Waals surface area contributed by atoms with Crippen LogP contribution in [0.4, 0.5) is 8.78 Å². The van der Waals surface area contributed by atoms with Crippen molar-refractivity contribution in [1.82, 2.24) is 14.5 Å². The molecule has 2 aromatic rings. The zero-order valence-corrected chi connectivity index (χ0v) is 11.7. The van der Waals surface area contributed by atoms with Crippen LogP contribution in [0.3, 0.4) is 0 Å². The second-order valence-corrected chi connectivity index (χ2v) is 5.06. The number of fused-ring (bicyclic) bond motifs is 1. The van der Waals surface area contributed by atoms with E-state index in [9.17, 15) is 8.78 Å². The van der Waals surface area contributed by atoms with Gasteiger partial charge in [0.2, 0.25) is 0 Å². The number of imidazole rings is 1. The van der Waals surface area contributed by atoms with Gasteiger partial charge < -0.3 is 9.47 Å². The number of hydrogen-bond acceptors (Lipinski definition) is 2. The third-order valence-corrected chi connectivity index (χ3v) is 3.13. The van der Waals surface area contributed by atoms with Crippen molar-refractivity contribution >= 4 is 22.6 Å². The molecule has 0 atom stereocenters. The van der Waals surface area contributed by atoms with Gasteiger partial charge in [-0.3, -0.25) is 0 Å². The van der Waals surface area contributed by atoms with E-state index < -0.39 is 11.6 Å². The van der Waals surface area contributed by atoms with E-state index in [0.29, 0.717) is 30.2 Å². The maximum Gasteiger partial charge on any atom is 0.153 e. The smallest absolute Gasteiger partial charge is 0.153 e. The van der Waals surface area contributed by atoms with Crippen LogP contribution >= 0.6 is 11.6 Å². The highest BCUT2D eigenvalue weighted by Crippen LogP contribution is 2.21. The predicted molar refractivity (Wildman–Crippen MR) is 72.6 cm³/mol. The molecule has 0 fully saturated rings. The standard InChI is InChI=1S/C13H16ClF2N3/c1-18(2)5-6-19-11-8-9(15)7-10(16)13(11)17-12(19)3-4-14/h7-8H,3-6H2,1-2H3. The van der Waals surface area contributed by atoms with Crippen molar-refractivity contribution in [2.45, 2.75) is 13.0 Å². The van der Waals surface area contributed by atoms with Crippen LogP contribution in [0.2, 0.25) is 0 Å². The monoisotopic (exact) mass is 287 g/mol. The molecule has 0 aliphatic carbocycles. The van der Waals surface area contributed by atoms with E-state index in [-0.39, 0.29) is 5.52 Å². The van der Waals surface area contributed by atoms with Crippen LogP contribution in [0.1, 0.15) is 5.82 Å². The number of halogens is 3. The summed E-state index contributed by atoms with van der Waals surface area (Å²) in [7, 11) is 3.89. The summed E-state index contributed by atoms with van der Waals surface area (Å²) in [5.74, 6) is -0.130. The third-order valence-electron chi connectivity index (χ3n) is 2.94. The molecular formula is C13H16ClF2N3. The number of aryl methyl sites for hydroxylation is 1. The topological polar surface area (TPSA) is 21.1 Å². The van der Waals surface area contributed by atoms with Gasteiger partial charge in [-0.15, -0.1) is 11.6 Å². The molecule has 0 aliphatic heterocycles. The molecule has 0 bridgehead atoms. The van der Waals surface area contributed by atoms with Gasteiger partial charge in [-0.1, -0.05) is 0 Å². The lowest BCUT2D eigenvalue weighted by molar-refractivity contribution is 0.383. The van der Waals surface area contributed by atoms with E-state index in [4.69, 9.17) is 11.6 Å². The second-order valence-electron chi connectivity index (χ2n) is 4.68. The molecule has 0 unspecified atom stereocenters. The van der Waals surface area contributed by atoms with Crippen LogP contribution in [0, 0.1) is 11.6 Å². The van der Waals surface area contributed by atoms with E-state index in [1.165, 1.54) is 6.07 Å². The molecule has 0 spiro atoms. The Morgan fingerprint density at radius 1 is 1.32 bits per heavy atom. The van der Waals surface area contributed by atoms with Gasteiger partial charge in [-0.05, 0) is 20.2 Å². The van der Waals surface area contributed by atoms with Gasteiger partial charge in [-0.2, -0.15) is 0 Å². The molecule has 6 heteroatoms. The zero-order chi connectivity index (χ0) is 14.0. The van der Waals surface area contributed by atoms with E-state index in [0.717, 1.165) is 12.6 Å². The molecule has 0 amide bonds. The highest BCUT2D eigenvalue weighted by molar-refractivity contribution is 6.17. The molecule has 3 nitrogen and oxygen atoms in total. The van der Waals surface area contributed by atoms with Crippen molar-refractivity contribution in [3.05, 3.63) is 29.6 Å². The van der Waals surface area contributed by atoms with Gasteiger partial charge in [0, 0.05) is 31.5 Å². The largest absolute Gasteiger partial charge is 0.326 e. The Labute approximate surface area is 115 Å². The quantitative estimate of drug-likeness (QED) is 0.789. The van der Waals surface area contributed by atoms with E-state index in [2.05, 4.69) is 4.98 Å². The van der Waals surface area contributed by atoms with Crippen LogP contribution in [0.15, 0.2) is 12.1 Å². The van der Waals surface area contributed by atoms with Crippen molar-refractivity contribution in [3.8, 4) is 0 Å². The predicted octanol–water partition coefficient (Wildman–Crippen LogP) is 2.66. The second kappa shape index (κ2) is 5.84. The SMILES string of the molecule is CN(C)CCn1c(CCCl)nc2c(F)cc(F)cc21. The Kier molecular flexibility index (Phi) is 4.37. The first kappa shape index (κ1) is 14.2. The molecule has 0 aliphatic rings. The molecule has 19 heavy (non-hydrogen) atoms. The third kappa shape index (κ3) is 3.04. The Morgan fingerprint density at radius 2 is 2.05 bits per heavy atom.